The Morgan fingerprint density at radius 2 is 2.12 bits per heavy atom. The highest BCUT2D eigenvalue weighted by Crippen LogP contribution is 2.29. The van der Waals surface area contributed by atoms with Crippen molar-refractivity contribution in [3.63, 3.8) is 0 Å². The first-order valence-electron chi connectivity index (χ1n) is 7.60. The van der Waals surface area contributed by atoms with Crippen LogP contribution in [0.25, 0.3) is 22.4 Å². The van der Waals surface area contributed by atoms with Gasteiger partial charge in [-0.3, -0.25) is 9.59 Å². The molecule has 3 aromatic heterocycles. The van der Waals surface area contributed by atoms with Crippen LogP contribution in [-0.4, -0.2) is 36.9 Å². The van der Waals surface area contributed by atoms with E-state index in [1.54, 1.807) is 20.0 Å². The fraction of sp³-hybridized carbons (Fsp3) is 0.312. The van der Waals surface area contributed by atoms with Crippen LogP contribution in [0.2, 0.25) is 0 Å². The van der Waals surface area contributed by atoms with E-state index in [0.717, 1.165) is 11.0 Å². The summed E-state index contributed by atoms with van der Waals surface area (Å²) in [5.74, 6) is -1.18. The molecule has 0 fully saturated rings. The molecule has 0 radical (unpaired) electrons. The zero-order chi connectivity index (χ0) is 18.0. The third-order valence-corrected chi connectivity index (χ3v) is 4.37. The molecule has 0 unspecified atom stereocenters. The SMILES string of the molecule is CC(C)(CC(=O)O)CC(=O)Nc1nc(-c2ncnc3[nH]ccc23)cs1. The van der Waals surface area contributed by atoms with Crippen molar-refractivity contribution in [1.29, 1.82) is 0 Å². The Morgan fingerprint density at radius 1 is 1.32 bits per heavy atom. The summed E-state index contributed by atoms with van der Waals surface area (Å²) in [5.41, 5.74) is 1.44. The maximum Gasteiger partial charge on any atom is 0.303 e. The van der Waals surface area contributed by atoms with Gasteiger partial charge in [-0.15, -0.1) is 11.3 Å². The molecule has 0 atom stereocenters. The minimum absolute atomic E-state index is 0.0735. The lowest BCUT2D eigenvalue weighted by Gasteiger charge is -2.20. The molecule has 0 spiro atoms. The van der Waals surface area contributed by atoms with Gasteiger partial charge in [0.2, 0.25) is 5.91 Å². The number of fused-ring (bicyclic) bond motifs is 1. The Labute approximate surface area is 147 Å². The molecule has 3 N–H and O–H groups in total. The number of carboxylic acid groups (broad SMARTS) is 1. The minimum Gasteiger partial charge on any atom is -0.481 e. The first kappa shape index (κ1) is 17.0. The third kappa shape index (κ3) is 4.00. The molecule has 0 aromatic carbocycles. The van der Waals surface area contributed by atoms with Crippen LogP contribution < -0.4 is 5.32 Å². The van der Waals surface area contributed by atoms with E-state index in [9.17, 15) is 9.59 Å². The number of carbonyl (C=O) groups excluding carboxylic acids is 1. The van der Waals surface area contributed by atoms with Crippen LogP contribution in [0.3, 0.4) is 0 Å². The number of carbonyl (C=O) groups is 2. The van der Waals surface area contributed by atoms with E-state index in [4.69, 9.17) is 5.11 Å². The number of hydrogen-bond acceptors (Lipinski definition) is 6. The van der Waals surface area contributed by atoms with Crippen LogP contribution in [0.15, 0.2) is 24.0 Å². The summed E-state index contributed by atoms with van der Waals surface area (Å²) in [6, 6.07) is 1.87. The van der Waals surface area contributed by atoms with E-state index in [1.807, 2.05) is 11.4 Å². The predicted octanol–water partition coefficient (Wildman–Crippen LogP) is 2.91. The van der Waals surface area contributed by atoms with E-state index in [1.165, 1.54) is 17.7 Å². The number of nitrogens with one attached hydrogen (secondary N) is 2. The molecule has 1 amide bonds. The Bertz CT molecular complexity index is 931. The number of carboxylic acids is 1. The Kier molecular flexibility index (Phi) is 4.49. The standard InChI is InChI=1S/C16H17N5O3S/c1-16(2,6-12(23)24)5-11(22)21-15-20-10(7-25-15)13-9-3-4-17-14(9)19-8-18-13/h3-4,7-8H,5-6H2,1-2H3,(H,23,24)(H,17,18,19)(H,20,21,22). The van der Waals surface area contributed by atoms with Gasteiger partial charge < -0.3 is 15.4 Å². The van der Waals surface area contributed by atoms with Crippen molar-refractivity contribution in [1.82, 2.24) is 19.9 Å². The van der Waals surface area contributed by atoms with E-state index < -0.39 is 11.4 Å². The Hall–Kier alpha value is -2.81. The molecular formula is C16H17N5O3S. The van der Waals surface area contributed by atoms with Gasteiger partial charge in [0.1, 0.15) is 23.4 Å². The summed E-state index contributed by atoms with van der Waals surface area (Å²) < 4.78 is 0. The second-order valence-corrected chi connectivity index (χ2v) is 7.32. The minimum atomic E-state index is -0.923. The van der Waals surface area contributed by atoms with E-state index >= 15 is 0 Å². The highest BCUT2D eigenvalue weighted by molar-refractivity contribution is 7.14. The lowest BCUT2D eigenvalue weighted by atomic mass is 9.85. The average Bonchev–Trinajstić information content (AvgIpc) is 3.12. The van der Waals surface area contributed by atoms with E-state index in [0.29, 0.717) is 16.5 Å². The number of aromatic nitrogens is 4. The van der Waals surface area contributed by atoms with Gasteiger partial charge in [0, 0.05) is 23.4 Å². The molecule has 25 heavy (non-hydrogen) atoms. The molecule has 3 heterocycles. The van der Waals surface area contributed by atoms with Gasteiger partial charge in [0.25, 0.3) is 0 Å². The molecule has 3 aromatic rings. The predicted molar refractivity (Wildman–Crippen MR) is 94.3 cm³/mol. The van der Waals surface area contributed by atoms with Crippen molar-refractivity contribution >= 4 is 39.4 Å². The summed E-state index contributed by atoms with van der Waals surface area (Å²) in [7, 11) is 0. The molecule has 0 saturated carbocycles. The van der Waals surface area contributed by atoms with Gasteiger partial charge in [0.15, 0.2) is 5.13 Å². The molecule has 3 rings (SSSR count). The van der Waals surface area contributed by atoms with Crippen LogP contribution in [-0.2, 0) is 9.59 Å². The fourth-order valence-corrected chi connectivity index (χ4v) is 3.30. The maximum absolute atomic E-state index is 12.2. The van der Waals surface area contributed by atoms with Gasteiger partial charge in [0.05, 0.1) is 6.42 Å². The van der Waals surface area contributed by atoms with Gasteiger partial charge in [-0.1, -0.05) is 13.8 Å². The first-order chi connectivity index (χ1) is 11.8. The molecular weight excluding hydrogens is 342 g/mol. The molecule has 0 saturated heterocycles. The van der Waals surface area contributed by atoms with Crippen molar-refractivity contribution in [2.24, 2.45) is 5.41 Å². The molecule has 0 aliphatic rings. The number of anilines is 1. The van der Waals surface area contributed by atoms with Gasteiger partial charge in [-0.25, -0.2) is 15.0 Å². The Balaban J connectivity index is 1.73. The second-order valence-electron chi connectivity index (χ2n) is 6.46. The molecule has 0 aliphatic carbocycles. The van der Waals surface area contributed by atoms with Gasteiger partial charge in [-0.2, -0.15) is 0 Å². The van der Waals surface area contributed by atoms with Crippen molar-refractivity contribution in [2.45, 2.75) is 26.7 Å². The van der Waals surface area contributed by atoms with Gasteiger partial charge in [-0.05, 0) is 11.5 Å². The number of aromatic amines is 1. The van der Waals surface area contributed by atoms with Crippen LogP contribution >= 0.6 is 11.3 Å². The normalized spacial score (nSPS) is 11.6. The highest BCUT2D eigenvalue weighted by Gasteiger charge is 2.25. The summed E-state index contributed by atoms with van der Waals surface area (Å²) in [6.45, 7) is 3.50. The van der Waals surface area contributed by atoms with E-state index in [2.05, 4.69) is 25.3 Å². The van der Waals surface area contributed by atoms with E-state index in [-0.39, 0.29) is 18.7 Å². The number of nitrogens with zero attached hydrogens (tertiary/aromatic N) is 3. The lowest BCUT2D eigenvalue weighted by Crippen LogP contribution is -2.24. The molecule has 8 nitrogen and oxygen atoms in total. The third-order valence-electron chi connectivity index (χ3n) is 3.62. The summed E-state index contributed by atoms with van der Waals surface area (Å²) in [4.78, 5) is 38.8. The number of H-pyrrole nitrogens is 1. The first-order valence-corrected chi connectivity index (χ1v) is 8.48. The monoisotopic (exact) mass is 359 g/mol. The number of amides is 1. The lowest BCUT2D eigenvalue weighted by molar-refractivity contribution is -0.139. The number of aliphatic carboxylic acids is 1. The molecule has 0 bridgehead atoms. The quantitative estimate of drug-likeness (QED) is 0.622. The summed E-state index contributed by atoms with van der Waals surface area (Å²) in [6.07, 6.45) is 3.27. The van der Waals surface area contributed by atoms with Crippen LogP contribution in [0.5, 0.6) is 0 Å². The average molecular weight is 359 g/mol. The van der Waals surface area contributed by atoms with Crippen molar-refractivity contribution < 1.29 is 14.7 Å². The second kappa shape index (κ2) is 6.60. The largest absolute Gasteiger partial charge is 0.481 e. The maximum atomic E-state index is 12.2. The molecule has 9 heteroatoms. The molecule has 130 valence electrons. The fourth-order valence-electron chi connectivity index (χ4n) is 2.59. The zero-order valence-electron chi connectivity index (χ0n) is 13.7. The number of thiazole rings is 1. The van der Waals surface area contributed by atoms with Crippen LogP contribution in [0.4, 0.5) is 5.13 Å². The van der Waals surface area contributed by atoms with Crippen LogP contribution in [0, 0.1) is 5.41 Å². The number of rotatable bonds is 6. The van der Waals surface area contributed by atoms with Gasteiger partial charge >= 0.3 is 5.97 Å². The number of hydrogen-bond donors (Lipinski definition) is 3. The van der Waals surface area contributed by atoms with Crippen molar-refractivity contribution in [3.8, 4) is 11.4 Å². The topological polar surface area (TPSA) is 121 Å². The molecule has 0 aliphatic heterocycles. The smallest absolute Gasteiger partial charge is 0.303 e. The zero-order valence-corrected chi connectivity index (χ0v) is 14.6. The summed E-state index contributed by atoms with van der Waals surface area (Å²) in [5, 5.41) is 14.7. The van der Waals surface area contributed by atoms with Crippen LogP contribution in [0.1, 0.15) is 26.7 Å². The summed E-state index contributed by atoms with van der Waals surface area (Å²) >= 11 is 1.29. The van der Waals surface area contributed by atoms with Crippen molar-refractivity contribution in [2.75, 3.05) is 5.32 Å². The Morgan fingerprint density at radius 3 is 2.88 bits per heavy atom. The van der Waals surface area contributed by atoms with Crippen molar-refractivity contribution in [3.05, 3.63) is 24.0 Å². The highest BCUT2D eigenvalue weighted by atomic mass is 32.1.